The maximum Gasteiger partial charge on any atom is 0.241 e. The van der Waals surface area contributed by atoms with E-state index in [-0.39, 0.29) is 6.54 Å². The fourth-order valence-electron chi connectivity index (χ4n) is 1.36. The van der Waals surface area contributed by atoms with Gasteiger partial charge in [-0.2, -0.15) is 0 Å². The summed E-state index contributed by atoms with van der Waals surface area (Å²) in [5.74, 6) is -0.568. The van der Waals surface area contributed by atoms with E-state index in [2.05, 4.69) is 10.6 Å². The highest BCUT2D eigenvalue weighted by Crippen LogP contribution is 2.18. The molecule has 1 saturated heterocycles. The van der Waals surface area contributed by atoms with Gasteiger partial charge in [-0.25, -0.2) is 0 Å². The molecule has 0 spiro atoms. The lowest BCUT2D eigenvalue weighted by atomic mass is 10.1. The molecule has 0 aromatic rings. The Morgan fingerprint density at radius 2 is 2.06 bits per heavy atom. The predicted molar refractivity (Wildman–Crippen MR) is 50.0 cm³/mol. The van der Waals surface area contributed by atoms with Crippen LogP contribution in [0.25, 0.3) is 0 Å². The largest absolute Gasteiger partial charge is 0.394 e. The Hall–Kier alpha value is -1.22. The lowest BCUT2D eigenvalue weighted by molar-refractivity contribution is -0.127. The van der Waals surface area contributed by atoms with E-state index in [1.165, 1.54) is 0 Å². The second-order valence-electron chi connectivity index (χ2n) is 3.33. The first-order valence-corrected chi connectivity index (χ1v) is 4.69. The number of nitrogens with one attached hydrogen (secondary N) is 2. The van der Waals surface area contributed by atoms with Crippen LogP contribution in [-0.4, -0.2) is 65.3 Å². The summed E-state index contributed by atoms with van der Waals surface area (Å²) in [6.45, 7) is -0.715. The van der Waals surface area contributed by atoms with Crippen molar-refractivity contribution >= 4 is 12.3 Å². The molecular weight excluding hydrogens is 223 g/mol. The van der Waals surface area contributed by atoms with Crippen molar-refractivity contribution < 1.29 is 29.6 Å². The maximum atomic E-state index is 11.1. The first-order valence-electron chi connectivity index (χ1n) is 4.69. The zero-order chi connectivity index (χ0) is 12.1. The molecule has 0 aliphatic carbocycles. The lowest BCUT2D eigenvalue weighted by Crippen LogP contribution is -2.46. The van der Waals surface area contributed by atoms with Crippen molar-refractivity contribution in [2.75, 3.05) is 13.2 Å². The van der Waals surface area contributed by atoms with E-state index in [4.69, 9.17) is 9.84 Å². The van der Waals surface area contributed by atoms with Crippen LogP contribution in [0.5, 0.6) is 0 Å². The van der Waals surface area contributed by atoms with Gasteiger partial charge < -0.3 is 30.7 Å². The molecule has 0 aromatic carbocycles. The van der Waals surface area contributed by atoms with Crippen LogP contribution in [0.1, 0.15) is 0 Å². The Morgan fingerprint density at radius 1 is 1.38 bits per heavy atom. The molecule has 5 N–H and O–H groups in total. The summed E-state index contributed by atoms with van der Waals surface area (Å²) in [6.07, 6.45) is -4.23. The lowest BCUT2D eigenvalue weighted by Gasteiger charge is -2.15. The van der Waals surface area contributed by atoms with E-state index < -0.39 is 37.1 Å². The third-order valence-electron chi connectivity index (χ3n) is 2.19. The molecule has 0 radical (unpaired) electrons. The Balaban J connectivity index is 2.43. The summed E-state index contributed by atoms with van der Waals surface area (Å²) in [5.41, 5.74) is 0. The molecule has 1 aliphatic heterocycles. The monoisotopic (exact) mass is 237 g/mol. The normalized spacial score (nSPS) is 33.4. The highest BCUT2D eigenvalue weighted by atomic mass is 16.6. The van der Waals surface area contributed by atoms with E-state index in [1.54, 1.807) is 0 Å². The van der Waals surface area contributed by atoms with Crippen LogP contribution in [0.3, 0.4) is 0 Å². The van der Waals surface area contributed by atoms with Gasteiger partial charge in [0.1, 0.15) is 18.3 Å². The smallest absolute Gasteiger partial charge is 0.241 e. The standard InChI is InChI=1S/C8H14N2O6/c11-2-4-6(14)7(15)8(16-4)10-5(13)1-9-3-12/h3-4,6-8,11,14-15H,1-2H2,(H,9,12)(H,10,13)/t4-,6-,7-,8-/m1/s1/i1+1,5+1,9+1. The number of hydrogen-bond donors (Lipinski definition) is 5. The van der Waals surface area contributed by atoms with E-state index in [0.29, 0.717) is 6.41 Å². The van der Waals surface area contributed by atoms with Crippen molar-refractivity contribution in [3.63, 3.8) is 0 Å². The number of rotatable bonds is 5. The van der Waals surface area contributed by atoms with Crippen LogP contribution >= 0.6 is 0 Å². The fraction of sp³-hybridized carbons (Fsp3) is 0.750. The van der Waals surface area contributed by atoms with E-state index >= 15 is 0 Å². The highest BCUT2D eigenvalue weighted by molar-refractivity contribution is 5.80. The Morgan fingerprint density at radius 3 is 2.56 bits per heavy atom. The third kappa shape index (κ3) is 2.89. The van der Waals surface area contributed by atoms with Crippen molar-refractivity contribution in [1.82, 2.24) is 10.6 Å². The minimum atomic E-state index is -1.31. The van der Waals surface area contributed by atoms with Crippen LogP contribution in [0.2, 0.25) is 0 Å². The van der Waals surface area contributed by atoms with Crippen molar-refractivity contribution in [3.05, 3.63) is 0 Å². The number of hydrogen-bond acceptors (Lipinski definition) is 6. The molecule has 1 heterocycles. The minimum Gasteiger partial charge on any atom is -0.394 e. The molecule has 0 bridgehead atoms. The average Bonchev–Trinajstić information content (AvgIpc) is 2.54. The average molecular weight is 237 g/mol. The Bertz CT molecular complexity index is 261. The Kier molecular flexibility index (Phi) is 4.62. The van der Waals surface area contributed by atoms with Gasteiger partial charge in [-0.15, -0.1) is 0 Å². The summed E-state index contributed by atoms with van der Waals surface area (Å²) >= 11 is 0. The zero-order valence-electron chi connectivity index (χ0n) is 8.37. The summed E-state index contributed by atoms with van der Waals surface area (Å²) in [5, 5.41) is 32.0. The number of aliphatic hydroxyl groups excluding tert-OH is 3. The molecule has 2 amide bonds. The number of aliphatic hydroxyl groups is 3. The van der Waals surface area contributed by atoms with Gasteiger partial charge in [-0.3, -0.25) is 9.59 Å². The van der Waals surface area contributed by atoms with E-state index in [0.717, 1.165) is 0 Å². The first-order chi connectivity index (χ1) is 7.60. The Labute approximate surface area is 91.2 Å². The van der Waals surface area contributed by atoms with Crippen molar-refractivity contribution in [1.29, 1.82) is 0 Å². The SMILES string of the molecule is O=C[15NH][13CH2][13C](=O)N[C@@H]1O[C@H](CO)[C@@H](O)[C@H]1O. The van der Waals surface area contributed by atoms with Gasteiger partial charge in [0.05, 0.1) is 13.2 Å². The molecular formula is C8H14N2O6. The van der Waals surface area contributed by atoms with Gasteiger partial charge in [0.25, 0.3) is 0 Å². The van der Waals surface area contributed by atoms with Crippen LogP contribution in [0, 0.1) is 0 Å². The number of amides is 2. The molecule has 1 fully saturated rings. The van der Waals surface area contributed by atoms with Gasteiger partial charge in [-0.05, 0) is 0 Å². The van der Waals surface area contributed by atoms with E-state index in [1.807, 2.05) is 0 Å². The summed E-state index contributed by atoms with van der Waals surface area (Å²) in [6, 6.07) is 0. The molecule has 8 nitrogen and oxygen atoms in total. The second kappa shape index (κ2) is 5.75. The fourth-order valence-corrected chi connectivity index (χ4v) is 1.36. The molecule has 1 rings (SSSR count). The van der Waals surface area contributed by atoms with Crippen molar-refractivity contribution in [2.24, 2.45) is 0 Å². The minimum absolute atomic E-state index is 0.254. The zero-order valence-corrected chi connectivity index (χ0v) is 8.37. The molecule has 16 heavy (non-hydrogen) atoms. The number of carbonyl (C=O) groups is 2. The molecule has 0 aromatic heterocycles. The maximum absolute atomic E-state index is 11.1. The van der Waals surface area contributed by atoms with Gasteiger partial charge in [0.15, 0.2) is 6.23 Å². The highest BCUT2D eigenvalue weighted by Gasteiger charge is 2.42. The van der Waals surface area contributed by atoms with Crippen molar-refractivity contribution in [3.8, 4) is 0 Å². The van der Waals surface area contributed by atoms with Crippen molar-refractivity contribution in [2.45, 2.75) is 24.5 Å². The van der Waals surface area contributed by atoms with Gasteiger partial charge >= 0.3 is 0 Å². The van der Waals surface area contributed by atoms with Crippen LogP contribution in [-0.2, 0) is 14.3 Å². The van der Waals surface area contributed by atoms with Gasteiger partial charge in [0, 0.05) is 0 Å². The molecule has 0 unspecified atom stereocenters. The quantitative estimate of drug-likeness (QED) is 0.190. The van der Waals surface area contributed by atoms with Gasteiger partial charge in [-0.1, -0.05) is 0 Å². The number of ether oxygens (including phenoxy) is 1. The topological polar surface area (TPSA) is 128 Å². The first kappa shape index (κ1) is 12.8. The van der Waals surface area contributed by atoms with Crippen LogP contribution < -0.4 is 10.6 Å². The van der Waals surface area contributed by atoms with Crippen LogP contribution in [0.4, 0.5) is 0 Å². The van der Waals surface area contributed by atoms with E-state index in [9.17, 15) is 19.8 Å². The number of carbonyl (C=O) groups excluding carboxylic acids is 2. The van der Waals surface area contributed by atoms with Gasteiger partial charge in [0.2, 0.25) is 12.3 Å². The summed E-state index contributed by atoms with van der Waals surface area (Å²) < 4.78 is 4.99. The third-order valence-corrected chi connectivity index (χ3v) is 2.19. The second-order valence-corrected chi connectivity index (χ2v) is 3.33. The van der Waals surface area contributed by atoms with Crippen LogP contribution in [0.15, 0.2) is 0 Å². The molecule has 92 valence electrons. The summed E-state index contributed by atoms with van der Waals surface area (Å²) in [7, 11) is 0. The predicted octanol–water partition coefficient (Wildman–Crippen LogP) is -3.71. The summed E-state index contributed by atoms with van der Waals surface area (Å²) in [4.78, 5) is 21.1. The molecule has 1 aliphatic rings. The molecule has 8 heteroatoms. The molecule has 0 saturated carbocycles. The molecule has 4 atom stereocenters.